The van der Waals surface area contributed by atoms with E-state index in [-0.39, 0.29) is 24.2 Å². The molecule has 1 amide bonds. The van der Waals surface area contributed by atoms with Crippen molar-refractivity contribution in [3.63, 3.8) is 0 Å². The van der Waals surface area contributed by atoms with Gasteiger partial charge in [-0.15, -0.1) is 0 Å². The summed E-state index contributed by atoms with van der Waals surface area (Å²) in [5.41, 5.74) is 3.27. The van der Waals surface area contributed by atoms with E-state index >= 15 is 0 Å². The SMILES string of the molecule is Cc1c(NC(=O)CN2c3ccccc3CC2C)cccc1[N+](=O)[O-]. The Kier molecular flexibility index (Phi) is 4.20. The van der Waals surface area contributed by atoms with E-state index < -0.39 is 4.92 Å². The van der Waals surface area contributed by atoms with Crippen LogP contribution >= 0.6 is 0 Å². The maximum Gasteiger partial charge on any atom is 0.274 e. The minimum Gasteiger partial charge on any atom is -0.359 e. The van der Waals surface area contributed by atoms with E-state index in [1.54, 1.807) is 19.1 Å². The van der Waals surface area contributed by atoms with Gasteiger partial charge < -0.3 is 10.2 Å². The van der Waals surface area contributed by atoms with Crippen molar-refractivity contribution in [2.75, 3.05) is 16.8 Å². The number of carbonyl (C=O) groups excluding carboxylic acids is 1. The van der Waals surface area contributed by atoms with Crippen molar-refractivity contribution in [2.45, 2.75) is 26.3 Å². The molecule has 6 heteroatoms. The zero-order chi connectivity index (χ0) is 17.3. The average molecular weight is 325 g/mol. The Morgan fingerprint density at radius 2 is 2.04 bits per heavy atom. The summed E-state index contributed by atoms with van der Waals surface area (Å²) in [6.45, 7) is 3.95. The van der Waals surface area contributed by atoms with Gasteiger partial charge in [-0.2, -0.15) is 0 Å². The van der Waals surface area contributed by atoms with E-state index in [9.17, 15) is 14.9 Å². The van der Waals surface area contributed by atoms with Crippen molar-refractivity contribution >= 4 is 23.0 Å². The number of para-hydroxylation sites is 1. The third-order valence-electron chi connectivity index (χ3n) is 4.44. The molecule has 0 aromatic heterocycles. The molecule has 0 aliphatic carbocycles. The van der Waals surface area contributed by atoms with Gasteiger partial charge in [-0.25, -0.2) is 0 Å². The average Bonchev–Trinajstić information content (AvgIpc) is 2.85. The fourth-order valence-corrected chi connectivity index (χ4v) is 3.17. The molecule has 3 rings (SSSR count). The van der Waals surface area contributed by atoms with Crippen LogP contribution in [-0.2, 0) is 11.2 Å². The van der Waals surface area contributed by atoms with Crippen molar-refractivity contribution in [3.05, 3.63) is 63.7 Å². The van der Waals surface area contributed by atoms with Crippen LogP contribution in [0.2, 0.25) is 0 Å². The standard InChI is InChI=1S/C18H19N3O3/c1-12-10-14-6-3-4-8-17(14)20(12)11-18(22)19-15-7-5-9-16(13(15)2)21(23)24/h3-9,12H,10-11H2,1-2H3,(H,19,22). The Hall–Kier alpha value is -2.89. The molecule has 1 aliphatic heterocycles. The third-order valence-corrected chi connectivity index (χ3v) is 4.44. The van der Waals surface area contributed by atoms with Crippen LogP contribution in [0, 0.1) is 17.0 Å². The molecule has 1 atom stereocenters. The van der Waals surface area contributed by atoms with Crippen molar-refractivity contribution in [1.82, 2.24) is 0 Å². The monoisotopic (exact) mass is 325 g/mol. The zero-order valence-electron chi connectivity index (χ0n) is 13.7. The molecule has 1 unspecified atom stereocenters. The molecular formula is C18H19N3O3. The first-order valence-electron chi connectivity index (χ1n) is 7.85. The molecule has 2 aromatic rings. The van der Waals surface area contributed by atoms with Gasteiger partial charge in [-0.1, -0.05) is 24.3 Å². The summed E-state index contributed by atoms with van der Waals surface area (Å²) in [6, 6.07) is 13.0. The quantitative estimate of drug-likeness (QED) is 0.691. The van der Waals surface area contributed by atoms with Crippen LogP contribution < -0.4 is 10.2 Å². The lowest BCUT2D eigenvalue weighted by molar-refractivity contribution is -0.385. The van der Waals surface area contributed by atoms with Crippen LogP contribution in [0.25, 0.3) is 0 Å². The number of benzene rings is 2. The molecule has 0 saturated carbocycles. The first-order chi connectivity index (χ1) is 11.5. The van der Waals surface area contributed by atoms with Crippen molar-refractivity contribution in [1.29, 1.82) is 0 Å². The number of fused-ring (bicyclic) bond motifs is 1. The summed E-state index contributed by atoms with van der Waals surface area (Å²) in [4.78, 5) is 25.1. The number of nitrogens with one attached hydrogen (secondary N) is 1. The van der Waals surface area contributed by atoms with E-state index in [0.29, 0.717) is 11.3 Å². The molecule has 2 aromatic carbocycles. The second kappa shape index (κ2) is 6.31. The molecule has 1 aliphatic rings. The van der Waals surface area contributed by atoms with E-state index in [1.807, 2.05) is 18.2 Å². The molecule has 0 fully saturated rings. The molecule has 1 heterocycles. The lowest BCUT2D eigenvalue weighted by atomic mass is 10.1. The summed E-state index contributed by atoms with van der Waals surface area (Å²) >= 11 is 0. The number of nitro groups is 1. The number of carbonyl (C=O) groups is 1. The summed E-state index contributed by atoms with van der Waals surface area (Å²) in [5.74, 6) is -0.179. The fraction of sp³-hybridized carbons (Fsp3) is 0.278. The number of nitrogens with zero attached hydrogens (tertiary/aromatic N) is 2. The predicted molar refractivity (Wildman–Crippen MR) is 93.4 cm³/mol. The highest BCUT2D eigenvalue weighted by Gasteiger charge is 2.27. The molecule has 1 N–H and O–H groups in total. The molecular weight excluding hydrogens is 306 g/mol. The molecule has 0 bridgehead atoms. The van der Waals surface area contributed by atoms with E-state index in [0.717, 1.165) is 12.1 Å². The Bertz CT molecular complexity index is 804. The van der Waals surface area contributed by atoms with Crippen LogP contribution in [0.5, 0.6) is 0 Å². The van der Waals surface area contributed by atoms with Gasteiger partial charge >= 0.3 is 0 Å². The minimum absolute atomic E-state index is 0.00712. The number of amides is 1. The van der Waals surface area contributed by atoms with Crippen molar-refractivity contribution in [2.24, 2.45) is 0 Å². The minimum atomic E-state index is -0.441. The van der Waals surface area contributed by atoms with Crippen LogP contribution in [0.3, 0.4) is 0 Å². The summed E-state index contributed by atoms with van der Waals surface area (Å²) in [7, 11) is 0. The highest BCUT2D eigenvalue weighted by Crippen LogP contribution is 2.31. The van der Waals surface area contributed by atoms with Gasteiger partial charge in [0.15, 0.2) is 0 Å². The van der Waals surface area contributed by atoms with Crippen LogP contribution in [0.1, 0.15) is 18.1 Å². The maximum atomic E-state index is 12.4. The van der Waals surface area contributed by atoms with Gasteiger partial charge in [-0.05, 0) is 38.0 Å². The predicted octanol–water partition coefficient (Wildman–Crippen LogP) is 3.29. The first-order valence-corrected chi connectivity index (χ1v) is 7.85. The third kappa shape index (κ3) is 2.95. The van der Waals surface area contributed by atoms with Gasteiger partial charge in [0.2, 0.25) is 5.91 Å². The normalized spacial score (nSPS) is 15.9. The van der Waals surface area contributed by atoms with E-state index in [4.69, 9.17) is 0 Å². The number of nitro benzene ring substituents is 1. The highest BCUT2D eigenvalue weighted by atomic mass is 16.6. The Labute approximate surface area is 140 Å². The van der Waals surface area contributed by atoms with E-state index in [2.05, 4.69) is 23.2 Å². The largest absolute Gasteiger partial charge is 0.359 e. The van der Waals surface area contributed by atoms with Crippen molar-refractivity contribution < 1.29 is 9.72 Å². The topological polar surface area (TPSA) is 75.5 Å². The van der Waals surface area contributed by atoms with Crippen LogP contribution in [0.15, 0.2) is 42.5 Å². The number of hydrogen-bond donors (Lipinski definition) is 1. The second-order valence-corrected chi connectivity index (χ2v) is 6.06. The van der Waals surface area contributed by atoms with Crippen LogP contribution in [0.4, 0.5) is 17.1 Å². The number of hydrogen-bond acceptors (Lipinski definition) is 4. The van der Waals surface area contributed by atoms with Gasteiger partial charge in [0.05, 0.1) is 22.7 Å². The van der Waals surface area contributed by atoms with Gasteiger partial charge in [0.1, 0.15) is 0 Å². The Morgan fingerprint density at radius 3 is 2.79 bits per heavy atom. The first kappa shape index (κ1) is 16.0. The molecule has 6 nitrogen and oxygen atoms in total. The lowest BCUT2D eigenvalue weighted by Crippen LogP contribution is -2.37. The van der Waals surface area contributed by atoms with Crippen LogP contribution in [-0.4, -0.2) is 23.4 Å². The number of anilines is 2. The molecule has 0 saturated heterocycles. The highest BCUT2D eigenvalue weighted by molar-refractivity contribution is 5.95. The fourth-order valence-electron chi connectivity index (χ4n) is 3.17. The summed E-state index contributed by atoms with van der Waals surface area (Å²) in [6.07, 6.45) is 0.916. The zero-order valence-corrected chi connectivity index (χ0v) is 13.7. The van der Waals surface area contributed by atoms with Crippen molar-refractivity contribution in [3.8, 4) is 0 Å². The maximum absolute atomic E-state index is 12.4. The molecule has 24 heavy (non-hydrogen) atoms. The lowest BCUT2D eigenvalue weighted by Gasteiger charge is -2.24. The van der Waals surface area contributed by atoms with Gasteiger partial charge in [0.25, 0.3) is 5.69 Å². The molecule has 0 radical (unpaired) electrons. The second-order valence-electron chi connectivity index (χ2n) is 6.06. The van der Waals surface area contributed by atoms with Gasteiger partial charge in [0, 0.05) is 17.8 Å². The Balaban J connectivity index is 1.75. The Morgan fingerprint density at radius 1 is 1.29 bits per heavy atom. The van der Waals surface area contributed by atoms with E-state index in [1.165, 1.54) is 11.6 Å². The van der Waals surface area contributed by atoms with Gasteiger partial charge in [-0.3, -0.25) is 14.9 Å². The molecule has 0 spiro atoms. The summed E-state index contributed by atoms with van der Waals surface area (Å²) in [5, 5.41) is 13.8. The smallest absolute Gasteiger partial charge is 0.274 e. The summed E-state index contributed by atoms with van der Waals surface area (Å²) < 4.78 is 0. The molecule has 124 valence electrons. The number of rotatable bonds is 4.